The van der Waals surface area contributed by atoms with Gasteiger partial charge in [-0.25, -0.2) is 0 Å². The third-order valence-electron chi connectivity index (χ3n) is 4.30. The zero-order chi connectivity index (χ0) is 17.3. The second kappa shape index (κ2) is 6.81. The molecule has 1 atom stereocenters. The van der Waals surface area contributed by atoms with Crippen molar-refractivity contribution >= 4 is 34.9 Å². The molecular formula is C17H19ClN2O4. The normalized spacial score (nSPS) is 18.2. The molecule has 0 N–H and O–H groups in total. The number of Topliss-reactive ketones (excluding diaryl/α,β-unsaturated/α-hetero) is 1. The number of nitrogens with zero attached hydrogens (tertiary/aromatic N) is 2. The van der Waals surface area contributed by atoms with E-state index in [2.05, 4.69) is 0 Å². The van der Waals surface area contributed by atoms with E-state index >= 15 is 0 Å². The number of benzene rings is 1. The van der Waals surface area contributed by atoms with Crippen LogP contribution in [0.4, 0.5) is 5.69 Å². The van der Waals surface area contributed by atoms with Crippen LogP contribution in [-0.2, 0) is 9.59 Å². The lowest BCUT2D eigenvalue weighted by atomic mass is 10.1. The molecule has 1 unspecified atom stereocenters. The number of carbonyl (C=O) groups excluding carboxylic acids is 3. The lowest BCUT2D eigenvalue weighted by Crippen LogP contribution is -2.46. The number of hydrogen-bond donors (Lipinski definition) is 0. The molecule has 6 nitrogen and oxygen atoms in total. The van der Waals surface area contributed by atoms with E-state index in [4.69, 9.17) is 16.3 Å². The third-order valence-corrected chi connectivity index (χ3v) is 4.50. The van der Waals surface area contributed by atoms with Crippen LogP contribution in [0.2, 0.25) is 0 Å². The van der Waals surface area contributed by atoms with Crippen molar-refractivity contribution in [3.63, 3.8) is 0 Å². The third kappa shape index (κ3) is 3.24. The second-order valence-electron chi connectivity index (χ2n) is 6.02. The summed E-state index contributed by atoms with van der Waals surface area (Å²) in [6.07, 6.45) is 1.98. The fraction of sp³-hybridized carbons (Fsp3) is 0.471. The number of hydrogen-bond acceptors (Lipinski definition) is 4. The van der Waals surface area contributed by atoms with Gasteiger partial charge in [-0.3, -0.25) is 19.3 Å². The van der Waals surface area contributed by atoms with Gasteiger partial charge in [0.15, 0.2) is 12.4 Å². The minimum Gasteiger partial charge on any atom is -0.482 e. The Hall–Kier alpha value is -2.08. The molecule has 24 heavy (non-hydrogen) atoms. The van der Waals surface area contributed by atoms with Gasteiger partial charge < -0.3 is 9.64 Å². The van der Waals surface area contributed by atoms with Gasteiger partial charge in [-0.1, -0.05) is 0 Å². The molecule has 2 aliphatic heterocycles. The van der Waals surface area contributed by atoms with Crippen LogP contribution in [0.1, 0.15) is 30.1 Å². The standard InChI is InChI=1S/C17H19ClN2O4/c1-11(18)17(23)12-4-5-14-13(8-12)20(16(22)10-24-14)9-15(21)19-6-2-3-7-19/h4-5,8,11H,2-3,6-7,9-10H2,1H3. The Kier molecular flexibility index (Phi) is 4.76. The number of ether oxygens (including phenoxy) is 1. The van der Waals surface area contributed by atoms with Crippen molar-refractivity contribution in [2.45, 2.75) is 25.1 Å². The SMILES string of the molecule is CC(Cl)C(=O)c1ccc2c(c1)N(CC(=O)N1CCCC1)C(=O)CO2. The summed E-state index contributed by atoms with van der Waals surface area (Å²) in [5.74, 6) is -0.124. The Balaban J connectivity index is 1.87. The number of halogens is 1. The molecule has 1 aromatic rings. The zero-order valence-corrected chi connectivity index (χ0v) is 14.2. The zero-order valence-electron chi connectivity index (χ0n) is 13.5. The highest BCUT2D eigenvalue weighted by molar-refractivity contribution is 6.33. The van der Waals surface area contributed by atoms with Gasteiger partial charge in [-0.05, 0) is 38.0 Å². The molecule has 128 valence electrons. The van der Waals surface area contributed by atoms with Crippen LogP contribution in [-0.4, -0.2) is 54.1 Å². The van der Waals surface area contributed by atoms with E-state index < -0.39 is 5.38 Å². The van der Waals surface area contributed by atoms with Gasteiger partial charge in [0.05, 0.1) is 11.1 Å². The molecule has 7 heteroatoms. The van der Waals surface area contributed by atoms with Gasteiger partial charge in [0.1, 0.15) is 12.3 Å². The van der Waals surface area contributed by atoms with Crippen LogP contribution in [0.5, 0.6) is 5.75 Å². The molecule has 1 aromatic carbocycles. The summed E-state index contributed by atoms with van der Waals surface area (Å²) in [5, 5.41) is -0.664. The fourth-order valence-electron chi connectivity index (χ4n) is 2.96. The van der Waals surface area contributed by atoms with E-state index in [-0.39, 0.29) is 30.7 Å². The maximum Gasteiger partial charge on any atom is 0.265 e. The number of fused-ring (bicyclic) bond motifs is 1. The van der Waals surface area contributed by atoms with E-state index in [0.29, 0.717) is 17.0 Å². The van der Waals surface area contributed by atoms with Crippen LogP contribution in [0.15, 0.2) is 18.2 Å². The predicted octanol–water partition coefficient (Wildman–Crippen LogP) is 1.84. The van der Waals surface area contributed by atoms with Gasteiger partial charge in [0, 0.05) is 18.7 Å². The minimum absolute atomic E-state index is 0.0384. The number of likely N-dealkylation sites (tertiary alicyclic amines) is 1. The minimum atomic E-state index is -0.664. The highest BCUT2D eigenvalue weighted by Crippen LogP contribution is 2.33. The van der Waals surface area contributed by atoms with Gasteiger partial charge in [0.25, 0.3) is 5.91 Å². The van der Waals surface area contributed by atoms with E-state index in [0.717, 1.165) is 25.9 Å². The van der Waals surface area contributed by atoms with Crippen molar-refractivity contribution in [2.75, 3.05) is 31.1 Å². The number of amides is 2. The van der Waals surface area contributed by atoms with Gasteiger partial charge in [-0.2, -0.15) is 0 Å². The Morgan fingerprint density at radius 2 is 2.00 bits per heavy atom. The summed E-state index contributed by atoms with van der Waals surface area (Å²) in [6.45, 7) is 2.90. The summed E-state index contributed by atoms with van der Waals surface area (Å²) < 4.78 is 5.41. The van der Waals surface area contributed by atoms with Crippen molar-refractivity contribution < 1.29 is 19.1 Å². The fourth-order valence-corrected chi connectivity index (χ4v) is 3.09. The summed E-state index contributed by atoms with van der Waals surface area (Å²) in [4.78, 5) is 39.9. The monoisotopic (exact) mass is 350 g/mol. The van der Waals surface area contributed by atoms with E-state index in [1.165, 1.54) is 4.90 Å². The lowest BCUT2D eigenvalue weighted by Gasteiger charge is -2.30. The lowest BCUT2D eigenvalue weighted by molar-refractivity contribution is -0.131. The van der Waals surface area contributed by atoms with Crippen LogP contribution in [0, 0.1) is 0 Å². The molecule has 2 amide bonds. The van der Waals surface area contributed by atoms with Gasteiger partial charge in [0.2, 0.25) is 5.91 Å². The van der Waals surface area contributed by atoms with Crippen LogP contribution < -0.4 is 9.64 Å². The van der Waals surface area contributed by atoms with E-state index in [9.17, 15) is 14.4 Å². The molecule has 2 heterocycles. The topological polar surface area (TPSA) is 66.9 Å². The highest BCUT2D eigenvalue weighted by atomic mass is 35.5. The summed E-state index contributed by atoms with van der Waals surface area (Å²) in [6, 6.07) is 4.84. The molecule has 0 radical (unpaired) electrons. The number of ketones is 1. The summed E-state index contributed by atoms with van der Waals surface area (Å²) in [5.41, 5.74) is 0.843. The number of carbonyl (C=O) groups is 3. The van der Waals surface area contributed by atoms with Crippen molar-refractivity contribution in [1.29, 1.82) is 0 Å². The van der Waals surface area contributed by atoms with Crippen molar-refractivity contribution in [1.82, 2.24) is 4.90 Å². The Morgan fingerprint density at radius 3 is 2.67 bits per heavy atom. The molecule has 0 bridgehead atoms. The molecule has 1 saturated heterocycles. The number of rotatable bonds is 4. The number of alkyl halides is 1. The summed E-state index contributed by atoms with van der Waals surface area (Å²) in [7, 11) is 0. The molecular weight excluding hydrogens is 332 g/mol. The van der Waals surface area contributed by atoms with Crippen molar-refractivity contribution in [3.8, 4) is 5.75 Å². The average Bonchev–Trinajstić information content (AvgIpc) is 3.10. The molecule has 0 aliphatic carbocycles. The van der Waals surface area contributed by atoms with E-state index in [1.807, 2.05) is 0 Å². The smallest absolute Gasteiger partial charge is 0.265 e. The Morgan fingerprint density at radius 1 is 1.29 bits per heavy atom. The molecule has 3 rings (SSSR count). The average molecular weight is 351 g/mol. The highest BCUT2D eigenvalue weighted by Gasteiger charge is 2.30. The van der Waals surface area contributed by atoms with Crippen LogP contribution in [0.3, 0.4) is 0 Å². The van der Waals surface area contributed by atoms with Crippen molar-refractivity contribution in [3.05, 3.63) is 23.8 Å². The molecule has 0 spiro atoms. The molecule has 0 saturated carbocycles. The van der Waals surface area contributed by atoms with Gasteiger partial charge in [-0.15, -0.1) is 11.6 Å². The van der Waals surface area contributed by atoms with E-state index in [1.54, 1.807) is 30.0 Å². The summed E-state index contributed by atoms with van der Waals surface area (Å²) >= 11 is 5.86. The van der Waals surface area contributed by atoms with Crippen LogP contribution >= 0.6 is 11.6 Å². The molecule has 0 aromatic heterocycles. The number of anilines is 1. The quantitative estimate of drug-likeness (QED) is 0.614. The maximum atomic E-state index is 12.4. The Labute approximate surface area is 145 Å². The first-order valence-electron chi connectivity index (χ1n) is 8.00. The maximum absolute atomic E-state index is 12.4. The first kappa shape index (κ1) is 16.8. The second-order valence-corrected chi connectivity index (χ2v) is 6.67. The largest absolute Gasteiger partial charge is 0.482 e. The Bertz CT molecular complexity index is 683. The molecule has 2 aliphatic rings. The first-order valence-corrected chi connectivity index (χ1v) is 8.44. The predicted molar refractivity (Wildman–Crippen MR) is 89.7 cm³/mol. The molecule has 1 fully saturated rings. The van der Waals surface area contributed by atoms with Crippen LogP contribution in [0.25, 0.3) is 0 Å². The van der Waals surface area contributed by atoms with Gasteiger partial charge >= 0.3 is 0 Å². The first-order chi connectivity index (χ1) is 11.5. The van der Waals surface area contributed by atoms with Crippen molar-refractivity contribution in [2.24, 2.45) is 0 Å².